The Kier molecular flexibility index (Phi) is 10.2. The maximum atomic E-state index is 15.7. The largest absolute Gasteiger partial charge is 0.493 e. The van der Waals surface area contributed by atoms with Crippen molar-refractivity contribution in [2.45, 2.75) is 71.5 Å². The Morgan fingerprint density at radius 1 is 0.941 bits per heavy atom. The number of amides is 1. The number of benzene rings is 3. The molecule has 1 saturated heterocycles. The van der Waals surface area contributed by atoms with Crippen molar-refractivity contribution in [3.05, 3.63) is 93.6 Å². The zero-order valence-corrected chi connectivity index (χ0v) is 28.3. The van der Waals surface area contributed by atoms with E-state index in [0.717, 1.165) is 12.1 Å². The van der Waals surface area contributed by atoms with Crippen LogP contribution in [0.4, 0.5) is 39.9 Å². The molecule has 1 aliphatic heterocycles. The number of ether oxygens (including phenoxy) is 3. The minimum Gasteiger partial charge on any atom is -0.493 e. The topological polar surface area (TPSA) is 65.1 Å². The number of hydrogen-bond acceptors (Lipinski definition) is 5. The van der Waals surface area contributed by atoms with Crippen LogP contribution in [0.1, 0.15) is 85.7 Å². The first-order valence-electron chi connectivity index (χ1n) is 16.1. The van der Waals surface area contributed by atoms with Crippen LogP contribution in [0.15, 0.2) is 54.1 Å². The quantitative estimate of drug-likeness (QED) is 0.171. The maximum Gasteiger partial charge on any atom is 0.416 e. The van der Waals surface area contributed by atoms with Gasteiger partial charge < -0.3 is 14.2 Å². The van der Waals surface area contributed by atoms with Crippen molar-refractivity contribution < 1.29 is 58.9 Å². The molecule has 6 nitrogen and oxygen atoms in total. The number of hydrogen-bond donors (Lipinski definition) is 0. The van der Waals surface area contributed by atoms with Gasteiger partial charge in [0.1, 0.15) is 11.9 Å². The summed E-state index contributed by atoms with van der Waals surface area (Å²) in [6.07, 6.45) is -11.2. The van der Waals surface area contributed by atoms with Crippen LogP contribution in [-0.4, -0.2) is 43.3 Å². The highest BCUT2D eigenvalue weighted by atomic mass is 19.4. The smallest absolute Gasteiger partial charge is 0.416 e. The number of alkyl halides is 6. The Balaban J connectivity index is 1.56. The third-order valence-electron chi connectivity index (χ3n) is 9.23. The lowest BCUT2D eigenvalue weighted by Crippen LogP contribution is -2.35. The Hall–Kier alpha value is -4.62. The van der Waals surface area contributed by atoms with E-state index < -0.39 is 64.9 Å². The van der Waals surface area contributed by atoms with Crippen molar-refractivity contribution in [1.82, 2.24) is 4.90 Å². The van der Waals surface area contributed by atoms with Gasteiger partial charge in [-0.05, 0) is 103 Å². The van der Waals surface area contributed by atoms with Crippen molar-refractivity contribution >= 4 is 17.6 Å². The highest BCUT2D eigenvalue weighted by molar-refractivity contribution is 5.90. The summed E-state index contributed by atoms with van der Waals surface area (Å²) < 4.78 is 129. The van der Waals surface area contributed by atoms with Crippen molar-refractivity contribution in [1.29, 1.82) is 0 Å². The van der Waals surface area contributed by atoms with Crippen LogP contribution in [0.3, 0.4) is 0 Å². The van der Waals surface area contributed by atoms with Crippen LogP contribution in [-0.2, 0) is 21.8 Å². The van der Waals surface area contributed by atoms with Gasteiger partial charge in [0.05, 0.1) is 36.4 Å². The molecule has 274 valence electrons. The first-order valence-corrected chi connectivity index (χ1v) is 16.1. The second kappa shape index (κ2) is 13.8. The number of rotatable bonds is 8. The van der Waals surface area contributed by atoms with E-state index in [1.807, 2.05) is 13.8 Å². The van der Waals surface area contributed by atoms with Gasteiger partial charge in [-0.25, -0.2) is 18.4 Å². The maximum absolute atomic E-state index is 15.7. The second-order valence-electron chi connectivity index (χ2n) is 13.4. The zero-order valence-electron chi connectivity index (χ0n) is 28.3. The third-order valence-corrected chi connectivity index (χ3v) is 9.23. The molecule has 0 N–H and O–H groups in total. The predicted molar refractivity (Wildman–Crippen MR) is 171 cm³/mol. The molecule has 0 unspecified atom stereocenters. The number of cyclic esters (lactones) is 1. The molecule has 51 heavy (non-hydrogen) atoms. The van der Waals surface area contributed by atoms with Gasteiger partial charge in [-0.3, -0.25) is 4.90 Å². The molecule has 2 aliphatic rings. The van der Waals surface area contributed by atoms with E-state index in [-0.39, 0.29) is 52.6 Å². The van der Waals surface area contributed by atoms with E-state index in [0.29, 0.717) is 42.5 Å². The number of methoxy groups -OCH3 is 1. The Morgan fingerprint density at radius 3 is 2.16 bits per heavy atom. The summed E-state index contributed by atoms with van der Waals surface area (Å²) >= 11 is 0. The van der Waals surface area contributed by atoms with E-state index >= 15 is 8.78 Å². The van der Waals surface area contributed by atoms with E-state index in [9.17, 15) is 35.9 Å². The number of nitrogens with zero attached hydrogens (tertiary/aromatic N) is 1. The number of allylic oxidation sites excluding steroid dienone is 1. The Labute approximate surface area is 289 Å². The van der Waals surface area contributed by atoms with Gasteiger partial charge in [-0.2, -0.15) is 26.3 Å². The van der Waals surface area contributed by atoms with Gasteiger partial charge >= 0.3 is 24.4 Å². The fourth-order valence-corrected chi connectivity index (χ4v) is 6.67. The minimum atomic E-state index is -5.09. The van der Waals surface area contributed by atoms with Gasteiger partial charge in [0.2, 0.25) is 0 Å². The summed E-state index contributed by atoms with van der Waals surface area (Å²) in [6.45, 7) is 6.97. The van der Waals surface area contributed by atoms with Crippen LogP contribution in [0.5, 0.6) is 5.75 Å². The van der Waals surface area contributed by atoms with Crippen LogP contribution >= 0.6 is 0 Å². The van der Waals surface area contributed by atoms with Gasteiger partial charge in [0, 0.05) is 17.7 Å². The average Bonchev–Trinajstić information content (AvgIpc) is 3.31. The molecule has 0 spiro atoms. The molecule has 3 aromatic carbocycles. The molecule has 14 heteroatoms. The summed E-state index contributed by atoms with van der Waals surface area (Å²) in [4.78, 5) is 26.6. The van der Waals surface area contributed by atoms with E-state index in [4.69, 9.17) is 14.2 Å². The summed E-state index contributed by atoms with van der Waals surface area (Å²) in [5, 5.41) is 0. The fraction of sp³-hybridized carbons (Fsp3) is 0.405. The van der Waals surface area contributed by atoms with Gasteiger partial charge in [0.15, 0.2) is 11.6 Å². The molecular weight excluding hydrogens is 690 g/mol. The lowest BCUT2D eigenvalue weighted by molar-refractivity contribution is -0.143. The second-order valence-corrected chi connectivity index (χ2v) is 13.4. The molecule has 5 rings (SSSR count). The van der Waals surface area contributed by atoms with E-state index in [2.05, 4.69) is 0 Å². The Bertz CT molecular complexity index is 1850. The van der Waals surface area contributed by atoms with Crippen LogP contribution < -0.4 is 4.74 Å². The average molecular weight is 726 g/mol. The van der Waals surface area contributed by atoms with Gasteiger partial charge in [-0.15, -0.1) is 0 Å². The molecule has 0 aromatic heterocycles. The Morgan fingerprint density at radius 2 is 1.59 bits per heavy atom. The first-order chi connectivity index (χ1) is 23.7. The van der Waals surface area contributed by atoms with Crippen molar-refractivity contribution in [2.24, 2.45) is 5.41 Å². The number of esters is 1. The van der Waals surface area contributed by atoms with Gasteiger partial charge in [-0.1, -0.05) is 19.9 Å². The van der Waals surface area contributed by atoms with Crippen molar-refractivity contribution in [2.75, 3.05) is 20.3 Å². The molecule has 3 aromatic rings. The van der Waals surface area contributed by atoms with E-state index in [1.54, 1.807) is 6.92 Å². The highest BCUT2D eigenvalue weighted by Gasteiger charge is 2.44. The summed E-state index contributed by atoms with van der Waals surface area (Å²) in [7, 11) is 1.26. The summed E-state index contributed by atoms with van der Waals surface area (Å²) in [5.74, 6) is -2.49. The van der Waals surface area contributed by atoms with Crippen LogP contribution in [0, 0.1) is 17.0 Å². The number of carbonyl (C=O) groups is 2. The molecule has 2 atom stereocenters. The molecule has 0 saturated carbocycles. The lowest BCUT2D eigenvalue weighted by atomic mass is 9.72. The SMILES string of the molecule is CCOC(=O)c1ccc(-c2cc(F)c(OC)c(C3=C(CN4C(=O)O[C@H](c5cc(C(F)(F)F)cc(C(F)(F)F)c5)[C@@H]4C)CC(C)(C)CC3)c2)c(F)c1. The standard InChI is InChI=1S/C37H35F8NO5/c1-6-50-33(47)20-7-8-27(29(38)14-20)21-13-28(32(49-5)30(39)15-21)26-9-10-35(3,4)17-23(26)18-46-19(2)31(51-34(46)48)22-11-24(36(40,41)42)16-25(12-22)37(43,44)45/h7-8,11-16,19,31H,6,9-10,17-18H2,1-5H3/t19-,31-/m0/s1. The van der Waals surface area contributed by atoms with E-state index in [1.165, 1.54) is 37.1 Å². The fourth-order valence-electron chi connectivity index (χ4n) is 6.67. The molecule has 1 heterocycles. The molecule has 0 radical (unpaired) electrons. The summed E-state index contributed by atoms with van der Waals surface area (Å²) in [6, 6.07) is 6.38. The van der Waals surface area contributed by atoms with Crippen molar-refractivity contribution in [3.8, 4) is 16.9 Å². The predicted octanol–water partition coefficient (Wildman–Crippen LogP) is 10.4. The summed E-state index contributed by atoms with van der Waals surface area (Å²) in [5.41, 5.74) is -2.27. The molecule has 1 amide bonds. The first kappa shape index (κ1) is 37.6. The molecule has 1 aliphatic carbocycles. The highest BCUT2D eigenvalue weighted by Crippen LogP contribution is 2.48. The number of halogens is 8. The van der Waals surface area contributed by atoms with Crippen LogP contribution in [0.25, 0.3) is 16.7 Å². The molecule has 1 fully saturated rings. The monoisotopic (exact) mass is 725 g/mol. The minimum absolute atomic E-state index is 0.00512. The molecule has 0 bridgehead atoms. The number of carbonyl (C=O) groups excluding carboxylic acids is 2. The van der Waals surface area contributed by atoms with Crippen LogP contribution in [0.2, 0.25) is 0 Å². The third kappa shape index (κ3) is 7.84. The lowest BCUT2D eigenvalue weighted by Gasteiger charge is -2.36. The normalized spacial score (nSPS) is 19.3. The van der Waals surface area contributed by atoms with Gasteiger partial charge in [0.25, 0.3) is 0 Å². The van der Waals surface area contributed by atoms with Crippen molar-refractivity contribution in [3.63, 3.8) is 0 Å². The zero-order chi connectivity index (χ0) is 37.6. The molecular formula is C37H35F8NO5.